The quantitative estimate of drug-likeness (QED) is 0.202. The molecule has 0 N–H and O–H groups in total. The second-order valence-electron chi connectivity index (χ2n) is 10.0. The van der Waals surface area contributed by atoms with E-state index in [0.717, 1.165) is 17.4 Å². The smallest absolute Gasteiger partial charge is 0.228 e. The molecule has 1 fully saturated rings. The molecular weight excluding hydrogens is 402 g/mol. The molecule has 33 heavy (non-hydrogen) atoms. The van der Waals surface area contributed by atoms with Crippen LogP contribution in [0, 0.1) is 12.8 Å². The van der Waals surface area contributed by atoms with Gasteiger partial charge in [-0.1, -0.05) is 68.1 Å². The third-order valence-corrected chi connectivity index (χ3v) is 7.99. The number of aryl methyl sites for hydroxylation is 2. The second-order valence-corrected chi connectivity index (χ2v) is 10.0. The third-order valence-electron chi connectivity index (χ3n) is 7.99. The molecule has 0 saturated heterocycles. The highest BCUT2D eigenvalue weighted by Gasteiger charge is 2.31. The summed E-state index contributed by atoms with van der Waals surface area (Å²) in [6.07, 6.45) is 8.99. The second kappa shape index (κ2) is 7.05. The maximum atomic E-state index is 6.63. The summed E-state index contributed by atoms with van der Waals surface area (Å²) >= 11 is 0. The first-order chi connectivity index (χ1) is 16.2. The lowest BCUT2D eigenvalue weighted by molar-refractivity contribution is -0.659. The number of fused-ring (bicyclic) bond motifs is 5. The van der Waals surface area contributed by atoms with Crippen LogP contribution in [0.5, 0.6) is 11.5 Å². The lowest BCUT2D eigenvalue weighted by atomic mass is 9.89. The number of rotatable bonds is 2. The summed E-state index contributed by atoms with van der Waals surface area (Å²) < 4.78 is 8.89. The van der Waals surface area contributed by atoms with Crippen LogP contribution < -0.4 is 9.30 Å². The van der Waals surface area contributed by atoms with Gasteiger partial charge in [0.15, 0.2) is 6.20 Å². The van der Waals surface area contributed by atoms with Crippen LogP contribution in [0.15, 0.2) is 66.9 Å². The Labute approximate surface area is 194 Å². The van der Waals surface area contributed by atoms with Crippen molar-refractivity contribution >= 4 is 32.3 Å². The number of hydrogen-bond acceptors (Lipinski definition) is 1. The predicted molar refractivity (Wildman–Crippen MR) is 136 cm³/mol. The van der Waals surface area contributed by atoms with Crippen LogP contribution in [0.1, 0.15) is 36.8 Å². The van der Waals surface area contributed by atoms with Crippen LogP contribution in [0.25, 0.3) is 43.6 Å². The van der Waals surface area contributed by atoms with Crippen LogP contribution in [0.4, 0.5) is 0 Å². The Bertz CT molecular complexity index is 1590. The van der Waals surface area contributed by atoms with Gasteiger partial charge in [-0.05, 0) is 64.1 Å². The lowest BCUT2D eigenvalue weighted by Crippen LogP contribution is -2.31. The summed E-state index contributed by atoms with van der Waals surface area (Å²) in [6, 6.07) is 22.4. The van der Waals surface area contributed by atoms with Crippen molar-refractivity contribution in [1.82, 2.24) is 0 Å². The maximum absolute atomic E-state index is 6.63. The molecule has 162 valence electrons. The number of hydrogen-bond donors (Lipinski definition) is 0. The van der Waals surface area contributed by atoms with Crippen LogP contribution >= 0.6 is 0 Å². The van der Waals surface area contributed by atoms with Gasteiger partial charge in [0.05, 0.1) is 10.9 Å². The SMILES string of the molecule is Cc1c2c(cc3ccccc13)Oc1cc3ccc(CC4CCCC4)cc3c3cc[n+](C)c-2c13. The molecule has 0 radical (unpaired) electrons. The van der Waals surface area contributed by atoms with Crippen molar-refractivity contribution < 1.29 is 9.30 Å². The Hall–Kier alpha value is -3.39. The van der Waals surface area contributed by atoms with Crippen molar-refractivity contribution in [3.05, 3.63) is 78.0 Å². The van der Waals surface area contributed by atoms with Gasteiger partial charge < -0.3 is 4.74 Å². The highest BCUT2D eigenvalue weighted by molar-refractivity contribution is 6.16. The Kier molecular flexibility index (Phi) is 4.08. The van der Waals surface area contributed by atoms with Crippen LogP contribution in [-0.4, -0.2) is 0 Å². The van der Waals surface area contributed by atoms with Gasteiger partial charge in [0.1, 0.15) is 18.5 Å². The van der Waals surface area contributed by atoms with E-state index in [9.17, 15) is 0 Å². The zero-order valence-corrected chi connectivity index (χ0v) is 19.3. The molecule has 0 amide bonds. The highest BCUT2D eigenvalue weighted by Crippen LogP contribution is 2.49. The summed E-state index contributed by atoms with van der Waals surface area (Å²) in [5, 5.41) is 7.65. The third kappa shape index (κ3) is 2.83. The maximum Gasteiger partial charge on any atom is 0.228 e. The van der Waals surface area contributed by atoms with E-state index >= 15 is 0 Å². The first kappa shape index (κ1) is 19.1. The van der Waals surface area contributed by atoms with E-state index in [1.54, 1.807) is 0 Å². The van der Waals surface area contributed by atoms with Crippen molar-refractivity contribution in [2.75, 3.05) is 0 Å². The normalized spacial score (nSPS) is 15.3. The average molecular weight is 431 g/mol. The number of aromatic nitrogens is 1. The minimum absolute atomic E-state index is 0.853. The van der Waals surface area contributed by atoms with E-state index in [4.69, 9.17) is 4.74 Å². The molecule has 0 spiro atoms. The molecule has 1 aromatic heterocycles. The molecule has 4 aromatic carbocycles. The number of benzene rings is 4. The number of pyridine rings is 1. The monoisotopic (exact) mass is 430 g/mol. The molecule has 2 heterocycles. The summed E-state index contributed by atoms with van der Waals surface area (Å²) in [5.74, 6) is 2.78. The summed E-state index contributed by atoms with van der Waals surface area (Å²) in [6.45, 7) is 2.23. The molecule has 0 atom stereocenters. The molecule has 5 aromatic rings. The average Bonchev–Trinajstić information content (AvgIpc) is 3.34. The molecule has 0 bridgehead atoms. The molecule has 2 nitrogen and oxygen atoms in total. The van der Waals surface area contributed by atoms with E-state index < -0.39 is 0 Å². The standard InChI is InChI=1S/C31H28NO/c1-19-24-10-6-5-9-22(24)17-27-29(19)31-30-25(13-14-32(31)2)26-16-21(15-20-7-3-4-8-20)11-12-23(26)18-28(30)33-27/h5-6,9-14,16-18,20H,3-4,7-8,15H2,1-2H3/q+1. The molecule has 1 aliphatic carbocycles. The van der Waals surface area contributed by atoms with Gasteiger partial charge in [-0.3, -0.25) is 0 Å². The van der Waals surface area contributed by atoms with Gasteiger partial charge in [0, 0.05) is 11.5 Å². The van der Waals surface area contributed by atoms with Crippen molar-refractivity contribution in [1.29, 1.82) is 0 Å². The largest absolute Gasteiger partial charge is 0.456 e. The van der Waals surface area contributed by atoms with Crippen molar-refractivity contribution in [3.8, 4) is 22.8 Å². The lowest BCUT2D eigenvalue weighted by Gasteiger charge is -2.23. The predicted octanol–water partition coefficient (Wildman–Crippen LogP) is 7.78. The van der Waals surface area contributed by atoms with Gasteiger partial charge in [-0.15, -0.1) is 0 Å². The van der Waals surface area contributed by atoms with E-state index in [0.29, 0.717) is 0 Å². The highest BCUT2D eigenvalue weighted by atomic mass is 16.5. The summed E-state index contributed by atoms with van der Waals surface area (Å²) in [4.78, 5) is 0. The fourth-order valence-corrected chi connectivity index (χ4v) is 6.35. The molecule has 7 rings (SSSR count). The first-order valence-corrected chi connectivity index (χ1v) is 12.3. The Morgan fingerprint density at radius 1 is 0.848 bits per heavy atom. The van der Waals surface area contributed by atoms with Crippen LogP contribution in [0.2, 0.25) is 0 Å². The topological polar surface area (TPSA) is 13.1 Å². The van der Waals surface area contributed by atoms with Gasteiger partial charge in [0.2, 0.25) is 5.69 Å². The Balaban J connectivity index is 1.51. The minimum atomic E-state index is 0.853. The van der Waals surface area contributed by atoms with E-state index in [2.05, 4.69) is 85.4 Å². The minimum Gasteiger partial charge on any atom is -0.456 e. The first-order valence-electron chi connectivity index (χ1n) is 12.3. The summed E-state index contributed by atoms with van der Waals surface area (Å²) in [7, 11) is 2.16. The fraction of sp³-hybridized carbons (Fsp3) is 0.258. The van der Waals surface area contributed by atoms with Crippen molar-refractivity contribution in [2.45, 2.75) is 39.0 Å². The fourth-order valence-electron chi connectivity index (χ4n) is 6.35. The zero-order valence-electron chi connectivity index (χ0n) is 19.3. The van der Waals surface area contributed by atoms with E-state index in [-0.39, 0.29) is 0 Å². The van der Waals surface area contributed by atoms with Gasteiger partial charge in [0.25, 0.3) is 0 Å². The molecule has 1 saturated carbocycles. The van der Waals surface area contributed by atoms with Gasteiger partial charge in [-0.2, -0.15) is 0 Å². The van der Waals surface area contributed by atoms with Gasteiger partial charge >= 0.3 is 0 Å². The number of ether oxygens (including phenoxy) is 1. The molecule has 2 aliphatic rings. The number of nitrogens with zero attached hydrogens (tertiary/aromatic N) is 1. The van der Waals surface area contributed by atoms with Crippen molar-refractivity contribution in [2.24, 2.45) is 13.0 Å². The Morgan fingerprint density at radius 2 is 1.64 bits per heavy atom. The molecular formula is C31H28NO+. The molecule has 2 heteroatoms. The van der Waals surface area contributed by atoms with Gasteiger partial charge in [-0.25, -0.2) is 4.57 Å². The van der Waals surface area contributed by atoms with E-state index in [1.165, 1.54) is 86.8 Å². The van der Waals surface area contributed by atoms with Crippen LogP contribution in [0.3, 0.4) is 0 Å². The van der Waals surface area contributed by atoms with E-state index in [1.807, 2.05) is 0 Å². The zero-order chi connectivity index (χ0) is 22.1. The van der Waals surface area contributed by atoms with Crippen molar-refractivity contribution in [3.63, 3.8) is 0 Å². The molecule has 0 unspecified atom stereocenters. The molecule has 1 aliphatic heterocycles. The summed E-state index contributed by atoms with van der Waals surface area (Å²) in [5.41, 5.74) is 5.23. The Morgan fingerprint density at radius 3 is 2.52 bits per heavy atom. The van der Waals surface area contributed by atoms with Crippen LogP contribution in [-0.2, 0) is 13.5 Å².